The maximum absolute atomic E-state index is 12.7. The molecule has 6 nitrogen and oxygen atoms in total. The van der Waals surface area contributed by atoms with Crippen molar-refractivity contribution in [2.75, 3.05) is 46.8 Å². The van der Waals surface area contributed by atoms with E-state index in [4.69, 9.17) is 0 Å². The number of hydrogen-bond donors (Lipinski definition) is 0. The van der Waals surface area contributed by atoms with Crippen molar-refractivity contribution in [1.29, 1.82) is 0 Å². The lowest BCUT2D eigenvalue weighted by Gasteiger charge is -2.39. The number of carbonyl (C=O) groups excluding carboxylic acids is 1. The zero-order valence-corrected chi connectivity index (χ0v) is 16.6. The molecule has 0 aromatic heterocycles. The SMILES string of the molecule is C[N+](C)(CC(=O)N1CCN(S(=O)(=O)c2ccccc2)CC1)C1CCCC1. The molecule has 26 heavy (non-hydrogen) atoms. The lowest BCUT2D eigenvalue weighted by atomic mass is 10.2. The molecule has 1 saturated carbocycles. The van der Waals surface area contributed by atoms with E-state index in [9.17, 15) is 13.2 Å². The maximum Gasteiger partial charge on any atom is 0.277 e. The second kappa shape index (κ2) is 7.66. The van der Waals surface area contributed by atoms with Crippen LogP contribution in [0.25, 0.3) is 0 Å². The number of carbonyl (C=O) groups is 1. The number of rotatable bonds is 5. The summed E-state index contributed by atoms with van der Waals surface area (Å²) in [7, 11) is 0.818. The molecule has 3 rings (SSSR count). The number of nitrogens with zero attached hydrogens (tertiary/aromatic N) is 3. The summed E-state index contributed by atoms with van der Waals surface area (Å²) in [6.45, 7) is 2.15. The number of piperazine rings is 1. The highest BCUT2D eigenvalue weighted by Gasteiger charge is 2.36. The summed E-state index contributed by atoms with van der Waals surface area (Å²) in [4.78, 5) is 14.9. The monoisotopic (exact) mass is 380 g/mol. The van der Waals surface area contributed by atoms with Crippen LogP contribution in [0.3, 0.4) is 0 Å². The standard InChI is InChI=1S/C19H30N3O3S/c1-22(2,17-8-6-7-9-17)16-19(23)20-12-14-21(15-13-20)26(24,25)18-10-4-3-5-11-18/h3-5,10-11,17H,6-9,12-16H2,1-2H3/q+1. The highest BCUT2D eigenvalue weighted by molar-refractivity contribution is 7.89. The Hall–Kier alpha value is -1.44. The molecule has 0 unspecified atom stereocenters. The van der Waals surface area contributed by atoms with E-state index < -0.39 is 10.0 Å². The van der Waals surface area contributed by atoms with E-state index in [1.54, 1.807) is 30.3 Å². The molecule has 7 heteroatoms. The van der Waals surface area contributed by atoms with Gasteiger partial charge in [0.15, 0.2) is 6.54 Å². The average molecular weight is 381 g/mol. The molecule has 144 valence electrons. The molecule has 0 N–H and O–H groups in total. The summed E-state index contributed by atoms with van der Waals surface area (Å²) in [5.41, 5.74) is 0. The minimum absolute atomic E-state index is 0.138. The zero-order chi connectivity index (χ0) is 18.8. The molecule has 0 radical (unpaired) electrons. The van der Waals surface area contributed by atoms with E-state index in [2.05, 4.69) is 14.1 Å². The predicted molar refractivity (Wildman–Crippen MR) is 101 cm³/mol. The van der Waals surface area contributed by atoms with Crippen molar-refractivity contribution in [2.24, 2.45) is 0 Å². The smallest absolute Gasteiger partial charge is 0.277 e. The number of quaternary nitrogens is 1. The van der Waals surface area contributed by atoms with Gasteiger partial charge in [-0.15, -0.1) is 0 Å². The van der Waals surface area contributed by atoms with Crippen molar-refractivity contribution in [3.63, 3.8) is 0 Å². The molecule has 2 fully saturated rings. The third kappa shape index (κ3) is 4.10. The van der Waals surface area contributed by atoms with Gasteiger partial charge in [0.05, 0.1) is 25.0 Å². The van der Waals surface area contributed by atoms with Gasteiger partial charge in [-0.3, -0.25) is 4.79 Å². The molecule has 1 aliphatic heterocycles. The van der Waals surface area contributed by atoms with Crippen molar-refractivity contribution >= 4 is 15.9 Å². The Bertz CT molecular complexity index is 720. The molecule has 1 aliphatic carbocycles. The minimum atomic E-state index is -3.47. The molecule has 0 spiro atoms. The molecular formula is C19H30N3O3S+. The summed E-state index contributed by atoms with van der Waals surface area (Å²) in [5, 5.41) is 0. The molecule has 1 saturated heterocycles. The van der Waals surface area contributed by atoms with Crippen LogP contribution in [0.2, 0.25) is 0 Å². The van der Waals surface area contributed by atoms with Gasteiger partial charge in [0.25, 0.3) is 5.91 Å². The quantitative estimate of drug-likeness (QED) is 0.728. The lowest BCUT2D eigenvalue weighted by Crippen LogP contribution is -2.57. The first-order valence-electron chi connectivity index (χ1n) is 9.46. The minimum Gasteiger partial charge on any atom is -0.335 e. The van der Waals surface area contributed by atoms with Crippen LogP contribution < -0.4 is 0 Å². The van der Waals surface area contributed by atoms with E-state index in [0.29, 0.717) is 43.7 Å². The van der Waals surface area contributed by atoms with Gasteiger partial charge in [-0.2, -0.15) is 4.31 Å². The van der Waals surface area contributed by atoms with Gasteiger partial charge >= 0.3 is 0 Å². The van der Waals surface area contributed by atoms with Crippen LogP contribution in [0.5, 0.6) is 0 Å². The molecule has 2 aliphatic rings. The lowest BCUT2D eigenvalue weighted by molar-refractivity contribution is -0.907. The second-order valence-corrected chi connectivity index (χ2v) is 9.91. The Morgan fingerprint density at radius 1 is 1.04 bits per heavy atom. The molecule has 0 bridgehead atoms. The van der Waals surface area contributed by atoms with Crippen LogP contribution in [0.1, 0.15) is 25.7 Å². The summed E-state index contributed by atoms with van der Waals surface area (Å²) < 4.78 is 27.6. The number of hydrogen-bond acceptors (Lipinski definition) is 3. The fourth-order valence-corrected chi connectivity index (χ4v) is 5.54. The van der Waals surface area contributed by atoms with Gasteiger partial charge in [-0.05, 0) is 37.8 Å². The van der Waals surface area contributed by atoms with Crippen LogP contribution in [0, 0.1) is 0 Å². The van der Waals surface area contributed by atoms with Crippen LogP contribution in [0.15, 0.2) is 35.2 Å². The van der Waals surface area contributed by atoms with E-state index in [0.717, 1.165) is 4.48 Å². The van der Waals surface area contributed by atoms with E-state index in [-0.39, 0.29) is 5.91 Å². The number of benzene rings is 1. The summed E-state index contributed by atoms with van der Waals surface area (Å²) in [5.74, 6) is 0.138. The maximum atomic E-state index is 12.7. The molecule has 0 atom stereocenters. The van der Waals surface area contributed by atoms with Crippen LogP contribution in [-0.4, -0.2) is 80.9 Å². The summed E-state index contributed by atoms with van der Waals surface area (Å²) >= 11 is 0. The average Bonchev–Trinajstić information content (AvgIpc) is 3.18. The third-order valence-electron chi connectivity index (χ3n) is 5.83. The van der Waals surface area contributed by atoms with Gasteiger partial charge in [0, 0.05) is 26.2 Å². The Morgan fingerprint density at radius 2 is 1.62 bits per heavy atom. The highest BCUT2D eigenvalue weighted by Crippen LogP contribution is 2.27. The first-order valence-corrected chi connectivity index (χ1v) is 10.9. The topological polar surface area (TPSA) is 57.7 Å². The van der Waals surface area contributed by atoms with Gasteiger partial charge in [-0.1, -0.05) is 18.2 Å². The van der Waals surface area contributed by atoms with Crippen molar-refractivity contribution in [3.8, 4) is 0 Å². The summed E-state index contributed by atoms with van der Waals surface area (Å²) in [6, 6.07) is 9.08. The second-order valence-electron chi connectivity index (χ2n) is 7.97. The predicted octanol–water partition coefficient (Wildman–Crippen LogP) is 1.54. The largest absolute Gasteiger partial charge is 0.335 e. The number of amides is 1. The van der Waals surface area contributed by atoms with E-state index in [1.807, 2.05) is 4.90 Å². The third-order valence-corrected chi connectivity index (χ3v) is 7.74. The summed E-state index contributed by atoms with van der Waals surface area (Å²) in [6.07, 6.45) is 4.92. The van der Waals surface area contributed by atoms with E-state index >= 15 is 0 Å². The van der Waals surface area contributed by atoms with Crippen LogP contribution in [0.4, 0.5) is 0 Å². The van der Waals surface area contributed by atoms with Crippen LogP contribution >= 0.6 is 0 Å². The fourth-order valence-electron chi connectivity index (χ4n) is 4.10. The highest BCUT2D eigenvalue weighted by atomic mass is 32.2. The molecule has 1 aromatic rings. The van der Waals surface area contributed by atoms with Crippen molar-refractivity contribution < 1.29 is 17.7 Å². The number of likely N-dealkylation sites (N-methyl/N-ethyl adjacent to an activating group) is 1. The van der Waals surface area contributed by atoms with Crippen molar-refractivity contribution in [2.45, 2.75) is 36.6 Å². The Morgan fingerprint density at radius 3 is 2.19 bits per heavy atom. The number of sulfonamides is 1. The van der Waals surface area contributed by atoms with Gasteiger partial charge in [0.1, 0.15) is 0 Å². The van der Waals surface area contributed by atoms with Gasteiger partial charge < -0.3 is 9.38 Å². The molecule has 1 amide bonds. The Balaban J connectivity index is 1.57. The van der Waals surface area contributed by atoms with Crippen LogP contribution in [-0.2, 0) is 14.8 Å². The first kappa shape index (κ1) is 19.3. The fraction of sp³-hybridized carbons (Fsp3) is 0.632. The normalized spacial score (nSPS) is 20.5. The Labute approximate surface area is 157 Å². The zero-order valence-electron chi connectivity index (χ0n) is 15.8. The molecule has 1 aromatic carbocycles. The molecule has 1 heterocycles. The first-order chi connectivity index (χ1) is 12.3. The van der Waals surface area contributed by atoms with E-state index in [1.165, 1.54) is 30.0 Å². The molecular weight excluding hydrogens is 350 g/mol. The van der Waals surface area contributed by atoms with Gasteiger partial charge in [-0.25, -0.2) is 8.42 Å². The van der Waals surface area contributed by atoms with Gasteiger partial charge in [0.2, 0.25) is 10.0 Å². The van der Waals surface area contributed by atoms with Crippen molar-refractivity contribution in [3.05, 3.63) is 30.3 Å². The van der Waals surface area contributed by atoms with Crippen molar-refractivity contribution in [1.82, 2.24) is 9.21 Å². The Kier molecular flexibility index (Phi) is 5.69.